The van der Waals surface area contributed by atoms with E-state index in [1.165, 1.54) is 30.3 Å². The van der Waals surface area contributed by atoms with Crippen LogP contribution in [-0.2, 0) is 6.18 Å². The molecule has 4 nitrogen and oxygen atoms in total. The fourth-order valence-electron chi connectivity index (χ4n) is 1.71. The fraction of sp³-hybridized carbons (Fsp3) is 0.0714. The summed E-state index contributed by atoms with van der Waals surface area (Å²) in [7, 11) is 0. The van der Waals surface area contributed by atoms with Gasteiger partial charge in [-0.2, -0.15) is 13.2 Å². The first kappa shape index (κ1) is 14.7. The summed E-state index contributed by atoms with van der Waals surface area (Å²) in [5.74, 6) is -0.731. The summed E-state index contributed by atoms with van der Waals surface area (Å²) in [6.07, 6.45) is -4.47. The van der Waals surface area contributed by atoms with Crippen LogP contribution in [0, 0.1) is 0 Å². The molecule has 1 amide bonds. The second kappa shape index (κ2) is 5.35. The number of para-hydroxylation sites is 1. The highest BCUT2D eigenvalue weighted by molar-refractivity contribution is 5.99. The molecular formula is C14H11F3N2O2. The molecule has 0 spiro atoms. The highest BCUT2D eigenvalue weighted by atomic mass is 19.4. The Balaban J connectivity index is 2.35. The number of ether oxygens (including phenoxy) is 1. The molecule has 4 N–H and O–H groups in total. The Morgan fingerprint density at radius 3 is 2.38 bits per heavy atom. The van der Waals surface area contributed by atoms with Crippen molar-refractivity contribution in [2.24, 2.45) is 5.73 Å². The summed E-state index contributed by atoms with van der Waals surface area (Å²) in [6, 6.07) is 8.64. The van der Waals surface area contributed by atoms with Gasteiger partial charge in [0.05, 0.1) is 16.8 Å². The third kappa shape index (κ3) is 3.25. The molecule has 0 fully saturated rings. The lowest BCUT2D eigenvalue weighted by atomic mass is 10.1. The molecule has 2 rings (SSSR count). The minimum atomic E-state index is -4.47. The van der Waals surface area contributed by atoms with Crippen LogP contribution in [0.4, 0.5) is 18.9 Å². The van der Waals surface area contributed by atoms with E-state index in [-0.39, 0.29) is 22.7 Å². The Bertz CT molecular complexity index is 684. The number of primary amides is 1. The van der Waals surface area contributed by atoms with E-state index < -0.39 is 17.6 Å². The van der Waals surface area contributed by atoms with E-state index in [4.69, 9.17) is 16.2 Å². The molecule has 0 aliphatic heterocycles. The van der Waals surface area contributed by atoms with E-state index in [0.29, 0.717) is 0 Å². The molecule has 2 aromatic rings. The highest BCUT2D eigenvalue weighted by Gasteiger charge is 2.30. The molecule has 0 aromatic heterocycles. The van der Waals surface area contributed by atoms with Crippen LogP contribution < -0.4 is 16.2 Å². The van der Waals surface area contributed by atoms with Gasteiger partial charge in [-0.3, -0.25) is 4.79 Å². The summed E-state index contributed by atoms with van der Waals surface area (Å²) in [6.45, 7) is 0. The number of hydrogen-bond acceptors (Lipinski definition) is 3. The van der Waals surface area contributed by atoms with Crippen molar-refractivity contribution in [2.45, 2.75) is 6.18 Å². The third-order valence-electron chi connectivity index (χ3n) is 2.72. The van der Waals surface area contributed by atoms with Crippen LogP contribution in [-0.4, -0.2) is 5.91 Å². The Morgan fingerprint density at radius 1 is 1.10 bits per heavy atom. The maximum atomic E-state index is 12.6. The molecule has 0 heterocycles. The van der Waals surface area contributed by atoms with Crippen LogP contribution >= 0.6 is 0 Å². The van der Waals surface area contributed by atoms with Gasteiger partial charge in [0.15, 0.2) is 5.75 Å². The summed E-state index contributed by atoms with van der Waals surface area (Å²) in [4.78, 5) is 11.1. The lowest BCUT2D eigenvalue weighted by molar-refractivity contribution is -0.137. The average molecular weight is 296 g/mol. The van der Waals surface area contributed by atoms with Gasteiger partial charge in [0.25, 0.3) is 5.91 Å². The van der Waals surface area contributed by atoms with Gasteiger partial charge in [-0.1, -0.05) is 12.1 Å². The standard InChI is InChI=1S/C14H11F3N2O2/c15-14(16,17)8-3-1-4-9(7-8)21-11-6-2-5-10(12(11)18)13(19)20/h1-7H,18H2,(H2,19,20). The van der Waals surface area contributed by atoms with Crippen LogP contribution in [0.2, 0.25) is 0 Å². The van der Waals surface area contributed by atoms with E-state index >= 15 is 0 Å². The largest absolute Gasteiger partial charge is 0.455 e. The molecule has 0 saturated heterocycles. The van der Waals surface area contributed by atoms with Crippen molar-refractivity contribution in [2.75, 3.05) is 5.73 Å². The second-order valence-corrected chi connectivity index (χ2v) is 4.21. The van der Waals surface area contributed by atoms with Gasteiger partial charge in [-0.25, -0.2) is 0 Å². The predicted octanol–water partition coefficient (Wildman–Crippen LogP) is 3.18. The van der Waals surface area contributed by atoms with Crippen LogP contribution in [0.3, 0.4) is 0 Å². The zero-order chi connectivity index (χ0) is 15.6. The predicted molar refractivity (Wildman–Crippen MR) is 70.9 cm³/mol. The smallest absolute Gasteiger partial charge is 0.416 e. The number of amides is 1. The minimum Gasteiger partial charge on any atom is -0.455 e. The summed E-state index contributed by atoms with van der Waals surface area (Å²) in [5.41, 5.74) is 10.0. The first-order valence-corrected chi connectivity index (χ1v) is 5.82. The summed E-state index contributed by atoms with van der Waals surface area (Å²) >= 11 is 0. The Kier molecular flexibility index (Phi) is 3.75. The molecular weight excluding hydrogens is 285 g/mol. The molecule has 7 heteroatoms. The average Bonchev–Trinajstić information content (AvgIpc) is 2.40. The Labute approximate surface area is 118 Å². The van der Waals surface area contributed by atoms with Gasteiger partial charge in [-0.05, 0) is 30.3 Å². The van der Waals surface area contributed by atoms with Crippen molar-refractivity contribution in [3.05, 3.63) is 53.6 Å². The Morgan fingerprint density at radius 2 is 1.76 bits per heavy atom. The molecule has 21 heavy (non-hydrogen) atoms. The van der Waals surface area contributed by atoms with Crippen molar-refractivity contribution in [3.8, 4) is 11.5 Å². The van der Waals surface area contributed by atoms with Crippen molar-refractivity contribution in [1.29, 1.82) is 0 Å². The number of nitrogen functional groups attached to an aromatic ring is 1. The first-order valence-electron chi connectivity index (χ1n) is 5.82. The lowest BCUT2D eigenvalue weighted by Gasteiger charge is -2.12. The maximum Gasteiger partial charge on any atom is 0.416 e. The quantitative estimate of drug-likeness (QED) is 0.854. The molecule has 0 unspecified atom stereocenters. The van der Waals surface area contributed by atoms with Crippen molar-refractivity contribution in [3.63, 3.8) is 0 Å². The molecule has 110 valence electrons. The summed E-state index contributed by atoms with van der Waals surface area (Å²) < 4.78 is 43.1. The van der Waals surface area contributed by atoms with E-state index in [1.807, 2.05) is 0 Å². The topological polar surface area (TPSA) is 78.3 Å². The van der Waals surface area contributed by atoms with Gasteiger partial charge < -0.3 is 16.2 Å². The maximum absolute atomic E-state index is 12.6. The second-order valence-electron chi connectivity index (χ2n) is 4.21. The number of halogens is 3. The third-order valence-corrected chi connectivity index (χ3v) is 2.72. The van der Waals surface area contributed by atoms with Gasteiger partial charge in [-0.15, -0.1) is 0 Å². The molecule has 0 atom stereocenters. The number of hydrogen-bond donors (Lipinski definition) is 2. The van der Waals surface area contributed by atoms with Crippen molar-refractivity contribution < 1.29 is 22.7 Å². The van der Waals surface area contributed by atoms with E-state index in [9.17, 15) is 18.0 Å². The SMILES string of the molecule is NC(=O)c1cccc(Oc2cccc(C(F)(F)F)c2)c1N. The van der Waals surface area contributed by atoms with E-state index in [1.54, 1.807) is 0 Å². The number of alkyl halides is 3. The van der Waals surface area contributed by atoms with Gasteiger partial charge in [0.1, 0.15) is 5.75 Å². The van der Waals surface area contributed by atoms with E-state index in [2.05, 4.69) is 0 Å². The molecule has 0 aliphatic carbocycles. The first-order chi connectivity index (χ1) is 9.79. The van der Waals surface area contributed by atoms with Gasteiger partial charge >= 0.3 is 6.18 Å². The van der Waals surface area contributed by atoms with Gasteiger partial charge in [0.2, 0.25) is 0 Å². The van der Waals surface area contributed by atoms with Gasteiger partial charge in [0, 0.05) is 0 Å². The molecule has 0 radical (unpaired) electrons. The number of benzene rings is 2. The molecule has 0 saturated carbocycles. The van der Waals surface area contributed by atoms with Crippen molar-refractivity contribution in [1.82, 2.24) is 0 Å². The monoisotopic (exact) mass is 296 g/mol. The fourth-order valence-corrected chi connectivity index (χ4v) is 1.71. The zero-order valence-electron chi connectivity index (χ0n) is 10.6. The van der Waals surface area contributed by atoms with E-state index in [0.717, 1.165) is 12.1 Å². The number of carbonyl (C=O) groups is 1. The normalized spacial score (nSPS) is 11.2. The minimum absolute atomic E-state index is 0.0255. The summed E-state index contributed by atoms with van der Waals surface area (Å²) in [5, 5.41) is 0. The highest BCUT2D eigenvalue weighted by Crippen LogP contribution is 2.34. The molecule has 0 bridgehead atoms. The van der Waals surface area contributed by atoms with Crippen molar-refractivity contribution >= 4 is 11.6 Å². The number of nitrogens with two attached hydrogens (primary N) is 2. The van der Waals surface area contributed by atoms with Crippen LogP contribution in [0.5, 0.6) is 11.5 Å². The van der Waals surface area contributed by atoms with Crippen LogP contribution in [0.15, 0.2) is 42.5 Å². The van der Waals surface area contributed by atoms with Crippen LogP contribution in [0.1, 0.15) is 15.9 Å². The number of rotatable bonds is 3. The molecule has 2 aromatic carbocycles. The zero-order valence-corrected chi connectivity index (χ0v) is 10.6. The number of carbonyl (C=O) groups excluding carboxylic acids is 1. The molecule has 0 aliphatic rings. The Hall–Kier alpha value is -2.70. The van der Waals surface area contributed by atoms with Crippen LogP contribution in [0.25, 0.3) is 0 Å². The lowest BCUT2D eigenvalue weighted by Crippen LogP contribution is -2.13. The number of anilines is 1.